The molecule has 5 nitrogen and oxygen atoms in total. The number of aliphatic hydroxyl groups excluding tert-OH is 1. The van der Waals surface area contributed by atoms with Gasteiger partial charge >= 0.3 is 6.03 Å². The average molecular weight is 257 g/mol. The summed E-state index contributed by atoms with van der Waals surface area (Å²) < 4.78 is 0. The van der Waals surface area contributed by atoms with Gasteiger partial charge in [0.25, 0.3) is 0 Å². The van der Waals surface area contributed by atoms with Crippen molar-refractivity contribution in [1.29, 1.82) is 0 Å². The van der Waals surface area contributed by atoms with Gasteiger partial charge in [0.05, 0.1) is 6.10 Å². The molecule has 5 heteroatoms. The minimum Gasteiger partial charge on any atom is -0.393 e. The highest BCUT2D eigenvalue weighted by atomic mass is 16.3. The fourth-order valence-corrected chi connectivity index (χ4v) is 2.07. The van der Waals surface area contributed by atoms with E-state index in [4.69, 9.17) is 5.11 Å². The first-order valence-electron chi connectivity index (χ1n) is 7.00. The second kappa shape index (κ2) is 8.32. The molecule has 0 aromatic carbocycles. The van der Waals surface area contributed by atoms with Crippen LogP contribution >= 0.6 is 0 Å². The predicted molar refractivity (Wildman–Crippen MR) is 72.5 cm³/mol. The Morgan fingerprint density at radius 3 is 2.56 bits per heavy atom. The Hall–Kier alpha value is -0.810. The third kappa shape index (κ3) is 6.81. The Bertz CT molecular complexity index is 238. The lowest BCUT2D eigenvalue weighted by Gasteiger charge is -2.30. The summed E-state index contributed by atoms with van der Waals surface area (Å²) in [6.45, 7) is 8.44. The lowest BCUT2D eigenvalue weighted by atomic mass is 9.99. The second-order valence-electron chi connectivity index (χ2n) is 5.34. The number of nitrogens with one attached hydrogen (secondary N) is 2. The number of rotatable bonds is 6. The molecule has 1 rings (SSSR count). The number of carbonyl (C=O) groups excluding carboxylic acids is 1. The number of likely N-dealkylation sites (tertiary alicyclic amines) is 1. The smallest absolute Gasteiger partial charge is 0.314 e. The van der Waals surface area contributed by atoms with E-state index in [0.717, 1.165) is 25.6 Å². The Kier molecular flexibility index (Phi) is 7.05. The maximum absolute atomic E-state index is 11.4. The third-order valence-corrected chi connectivity index (χ3v) is 3.44. The molecule has 0 radical (unpaired) electrons. The first-order chi connectivity index (χ1) is 8.58. The van der Waals surface area contributed by atoms with E-state index in [1.165, 1.54) is 12.8 Å². The van der Waals surface area contributed by atoms with E-state index >= 15 is 0 Å². The molecule has 0 aromatic rings. The fraction of sp³-hybridized carbons (Fsp3) is 0.923. The zero-order valence-electron chi connectivity index (χ0n) is 11.6. The molecule has 2 amide bonds. The van der Waals surface area contributed by atoms with E-state index in [2.05, 4.69) is 22.5 Å². The molecule has 3 N–H and O–H groups in total. The van der Waals surface area contributed by atoms with Gasteiger partial charge in [-0.3, -0.25) is 0 Å². The molecular formula is C13H27N3O2. The molecule has 1 aliphatic rings. The van der Waals surface area contributed by atoms with Crippen LogP contribution in [0.4, 0.5) is 4.79 Å². The van der Waals surface area contributed by atoms with Gasteiger partial charge in [-0.2, -0.15) is 0 Å². The fourth-order valence-electron chi connectivity index (χ4n) is 2.07. The number of aliphatic hydroxyl groups is 1. The van der Waals surface area contributed by atoms with Crippen molar-refractivity contribution >= 4 is 6.03 Å². The molecule has 0 spiro atoms. The molecular weight excluding hydrogens is 230 g/mol. The first-order valence-corrected chi connectivity index (χ1v) is 7.00. The summed E-state index contributed by atoms with van der Waals surface area (Å²) in [7, 11) is 0. The highest BCUT2D eigenvalue weighted by molar-refractivity contribution is 5.73. The molecule has 1 heterocycles. The number of hydrogen-bond acceptors (Lipinski definition) is 3. The van der Waals surface area contributed by atoms with Gasteiger partial charge in [-0.1, -0.05) is 6.92 Å². The van der Waals surface area contributed by atoms with Gasteiger partial charge in [-0.25, -0.2) is 4.79 Å². The maximum Gasteiger partial charge on any atom is 0.314 e. The van der Waals surface area contributed by atoms with Gasteiger partial charge in [0.2, 0.25) is 0 Å². The number of amides is 2. The monoisotopic (exact) mass is 257 g/mol. The van der Waals surface area contributed by atoms with Crippen LogP contribution in [0.2, 0.25) is 0 Å². The molecule has 0 aliphatic carbocycles. The van der Waals surface area contributed by atoms with Crippen LogP contribution in [0.3, 0.4) is 0 Å². The van der Waals surface area contributed by atoms with Crippen molar-refractivity contribution in [2.75, 3.05) is 32.7 Å². The predicted octanol–water partition coefficient (Wildman–Crippen LogP) is 0.788. The molecule has 0 aromatic heterocycles. The van der Waals surface area contributed by atoms with Gasteiger partial charge in [0.15, 0.2) is 0 Å². The first kappa shape index (κ1) is 15.2. The zero-order chi connectivity index (χ0) is 13.4. The van der Waals surface area contributed by atoms with E-state index < -0.39 is 0 Å². The van der Waals surface area contributed by atoms with Crippen molar-refractivity contribution in [2.24, 2.45) is 5.92 Å². The Morgan fingerprint density at radius 2 is 1.94 bits per heavy atom. The van der Waals surface area contributed by atoms with Crippen molar-refractivity contribution in [3.05, 3.63) is 0 Å². The lowest BCUT2D eigenvalue weighted by Crippen LogP contribution is -2.42. The van der Waals surface area contributed by atoms with Crippen molar-refractivity contribution in [1.82, 2.24) is 15.5 Å². The van der Waals surface area contributed by atoms with Crippen LogP contribution in [0.25, 0.3) is 0 Å². The largest absolute Gasteiger partial charge is 0.393 e. The zero-order valence-corrected chi connectivity index (χ0v) is 11.6. The SMILES string of the molecule is CC(O)CCNC(=O)NCCN1CCC(C)CC1. The molecule has 106 valence electrons. The molecule has 18 heavy (non-hydrogen) atoms. The number of carbonyl (C=O) groups is 1. The molecule has 1 unspecified atom stereocenters. The molecule has 0 saturated carbocycles. The molecule has 0 bridgehead atoms. The highest BCUT2D eigenvalue weighted by Gasteiger charge is 2.14. The Labute approximate surface area is 110 Å². The Balaban J connectivity index is 1.98. The van der Waals surface area contributed by atoms with E-state index in [1.54, 1.807) is 6.92 Å². The summed E-state index contributed by atoms with van der Waals surface area (Å²) >= 11 is 0. The van der Waals surface area contributed by atoms with Crippen LogP contribution in [-0.2, 0) is 0 Å². The van der Waals surface area contributed by atoms with Crippen LogP contribution in [0.15, 0.2) is 0 Å². The average Bonchev–Trinajstić information content (AvgIpc) is 2.31. The minimum atomic E-state index is -0.361. The van der Waals surface area contributed by atoms with Crippen LogP contribution in [0, 0.1) is 5.92 Å². The molecule has 1 fully saturated rings. The highest BCUT2D eigenvalue weighted by Crippen LogP contribution is 2.14. The van der Waals surface area contributed by atoms with E-state index in [9.17, 15) is 4.79 Å². The van der Waals surface area contributed by atoms with Gasteiger partial charge in [-0.15, -0.1) is 0 Å². The van der Waals surface area contributed by atoms with Gasteiger partial charge < -0.3 is 20.6 Å². The summed E-state index contributed by atoms with van der Waals surface area (Å²) in [5, 5.41) is 14.6. The number of nitrogens with zero attached hydrogens (tertiary/aromatic N) is 1. The van der Waals surface area contributed by atoms with E-state index in [-0.39, 0.29) is 12.1 Å². The van der Waals surface area contributed by atoms with Crippen LogP contribution in [-0.4, -0.2) is 54.9 Å². The van der Waals surface area contributed by atoms with Crippen molar-refractivity contribution < 1.29 is 9.90 Å². The minimum absolute atomic E-state index is 0.138. The maximum atomic E-state index is 11.4. The van der Waals surface area contributed by atoms with E-state index in [0.29, 0.717) is 19.5 Å². The van der Waals surface area contributed by atoms with Crippen LogP contribution in [0.1, 0.15) is 33.1 Å². The molecule has 1 aliphatic heterocycles. The van der Waals surface area contributed by atoms with Gasteiger partial charge in [0.1, 0.15) is 0 Å². The second-order valence-corrected chi connectivity index (χ2v) is 5.34. The van der Waals surface area contributed by atoms with Gasteiger partial charge in [-0.05, 0) is 45.2 Å². The van der Waals surface area contributed by atoms with Crippen molar-refractivity contribution in [3.8, 4) is 0 Å². The number of piperidine rings is 1. The van der Waals surface area contributed by atoms with Crippen LogP contribution < -0.4 is 10.6 Å². The van der Waals surface area contributed by atoms with Gasteiger partial charge in [0, 0.05) is 19.6 Å². The topological polar surface area (TPSA) is 64.6 Å². The summed E-state index contributed by atoms with van der Waals surface area (Å²) in [5.41, 5.74) is 0. The molecule has 1 atom stereocenters. The normalized spacial score (nSPS) is 19.5. The van der Waals surface area contributed by atoms with E-state index in [1.807, 2.05) is 0 Å². The summed E-state index contributed by atoms with van der Waals surface area (Å²) in [5.74, 6) is 0.845. The quantitative estimate of drug-likeness (QED) is 0.659. The Morgan fingerprint density at radius 1 is 1.33 bits per heavy atom. The van der Waals surface area contributed by atoms with Crippen molar-refractivity contribution in [3.63, 3.8) is 0 Å². The molecule has 1 saturated heterocycles. The third-order valence-electron chi connectivity index (χ3n) is 3.44. The number of urea groups is 1. The summed E-state index contributed by atoms with van der Waals surface area (Å²) in [6.07, 6.45) is 2.76. The summed E-state index contributed by atoms with van der Waals surface area (Å²) in [4.78, 5) is 13.8. The number of hydrogen-bond donors (Lipinski definition) is 3. The summed E-state index contributed by atoms with van der Waals surface area (Å²) in [6, 6.07) is -0.138. The van der Waals surface area contributed by atoms with Crippen LogP contribution in [0.5, 0.6) is 0 Å². The lowest BCUT2D eigenvalue weighted by molar-refractivity contribution is 0.182. The standard InChI is InChI=1S/C13H27N3O2/c1-11-4-8-16(9-5-11)10-7-15-13(18)14-6-3-12(2)17/h11-12,17H,3-10H2,1-2H3,(H2,14,15,18). The van der Waals surface area contributed by atoms with Crippen molar-refractivity contribution in [2.45, 2.75) is 39.2 Å².